The average Bonchev–Trinajstić information content (AvgIpc) is 1.86. The molecule has 2 N–H and O–H groups in total. The van der Waals surface area contributed by atoms with Crippen LogP contribution in [0.1, 0.15) is 6.92 Å². The highest BCUT2D eigenvalue weighted by molar-refractivity contribution is 9.10. The summed E-state index contributed by atoms with van der Waals surface area (Å²) in [6.45, 7) is 1.90. The predicted octanol–water partition coefficient (Wildman–Crippen LogP) is 0.272. The van der Waals surface area contributed by atoms with E-state index in [1.54, 1.807) is 6.92 Å². The molecule has 0 saturated carbocycles. The molecule has 9 heavy (non-hydrogen) atoms. The van der Waals surface area contributed by atoms with Crippen molar-refractivity contribution in [2.45, 2.75) is 11.2 Å². The molecular weight excluding hydrogens is 186 g/mol. The van der Waals surface area contributed by atoms with Gasteiger partial charge in [-0.1, -0.05) is 15.9 Å². The van der Waals surface area contributed by atoms with Crippen LogP contribution in [0.15, 0.2) is 0 Å². The Morgan fingerprint density at radius 2 is 2.33 bits per heavy atom. The van der Waals surface area contributed by atoms with Crippen LogP contribution in [-0.4, -0.2) is 23.9 Å². The smallest absolute Gasteiger partial charge is 0.323 e. The number of esters is 1. The van der Waals surface area contributed by atoms with Gasteiger partial charge in [0.2, 0.25) is 0 Å². The first kappa shape index (κ1) is 8.91. The lowest BCUT2D eigenvalue weighted by atomic mass is 10.2. The minimum Gasteiger partial charge on any atom is -0.468 e. The first-order chi connectivity index (χ1) is 4.04. The van der Waals surface area contributed by atoms with Gasteiger partial charge in [-0.3, -0.25) is 4.79 Å². The summed E-state index contributed by atoms with van der Waals surface area (Å²) in [7, 11) is 1.33. The first-order valence-electron chi connectivity index (χ1n) is 2.52. The Balaban J connectivity index is 3.97. The molecule has 0 radical (unpaired) electrons. The standard InChI is InChI=1S/C5H10BrNO2/c1-5(6,3-7)4(8)9-2/h3,7H2,1-2H3. The van der Waals surface area contributed by atoms with Gasteiger partial charge in [0.15, 0.2) is 0 Å². The molecule has 0 aromatic carbocycles. The van der Waals surface area contributed by atoms with Gasteiger partial charge in [-0.05, 0) is 6.92 Å². The number of hydrogen-bond acceptors (Lipinski definition) is 3. The van der Waals surface area contributed by atoms with E-state index in [9.17, 15) is 4.79 Å². The Morgan fingerprint density at radius 1 is 1.89 bits per heavy atom. The minimum absolute atomic E-state index is 0.236. The molecule has 1 atom stereocenters. The zero-order valence-electron chi connectivity index (χ0n) is 5.48. The van der Waals surface area contributed by atoms with E-state index < -0.39 is 4.32 Å². The molecule has 0 aliphatic heterocycles. The maximum Gasteiger partial charge on any atom is 0.323 e. The van der Waals surface area contributed by atoms with Crippen molar-refractivity contribution < 1.29 is 9.53 Å². The van der Waals surface area contributed by atoms with Crippen LogP contribution in [0.2, 0.25) is 0 Å². The fourth-order valence-electron chi connectivity index (χ4n) is 0.296. The molecule has 3 nitrogen and oxygen atoms in total. The molecule has 0 aromatic rings. The van der Waals surface area contributed by atoms with Crippen LogP contribution in [0.5, 0.6) is 0 Å². The summed E-state index contributed by atoms with van der Waals surface area (Å²) in [6, 6.07) is 0. The molecule has 0 aliphatic rings. The SMILES string of the molecule is COC(=O)C(C)(Br)CN. The lowest BCUT2D eigenvalue weighted by Gasteiger charge is -2.15. The second-order valence-corrected chi connectivity index (χ2v) is 3.64. The summed E-state index contributed by atoms with van der Waals surface area (Å²) >= 11 is 3.11. The van der Waals surface area contributed by atoms with E-state index in [0.717, 1.165) is 0 Å². The monoisotopic (exact) mass is 195 g/mol. The third kappa shape index (κ3) is 2.32. The summed E-state index contributed by atoms with van der Waals surface area (Å²) < 4.78 is 3.72. The highest BCUT2D eigenvalue weighted by atomic mass is 79.9. The number of halogens is 1. The molecule has 0 rings (SSSR count). The number of methoxy groups -OCH3 is 1. The van der Waals surface area contributed by atoms with Gasteiger partial charge in [0.1, 0.15) is 4.32 Å². The zero-order chi connectivity index (χ0) is 7.49. The Labute approximate surface area is 62.7 Å². The zero-order valence-corrected chi connectivity index (χ0v) is 7.06. The summed E-state index contributed by atoms with van der Waals surface area (Å²) in [5.74, 6) is -0.343. The van der Waals surface area contributed by atoms with Crippen molar-refractivity contribution in [3.63, 3.8) is 0 Å². The highest BCUT2D eigenvalue weighted by Gasteiger charge is 2.28. The summed E-state index contributed by atoms with van der Waals surface area (Å²) in [5, 5.41) is 0. The van der Waals surface area contributed by atoms with E-state index in [1.807, 2.05) is 0 Å². The van der Waals surface area contributed by atoms with Crippen LogP contribution in [0.25, 0.3) is 0 Å². The van der Waals surface area contributed by atoms with Crippen LogP contribution >= 0.6 is 15.9 Å². The molecule has 54 valence electrons. The number of hydrogen-bond donors (Lipinski definition) is 1. The molecule has 0 amide bonds. The second kappa shape index (κ2) is 3.17. The average molecular weight is 196 g/mol. The van der Waals surface area contributed by atoms with Gasteiger partial charge >= 0.3 is 5.97 Å². The van der Waals surface area contributed by atoms with Crippen molar-refractivity contribution in [3.05, 3.63) is 0 Å². The van der Waals surface area contributed by atoms with Crippen molar-refractivity contribution >= 4 is 21.9 Å². The normalized spacial score (nSPS) is 16.4. The molecule has 0 aliphatic carbocycles. The van der Waals surface area contributed by atoms with E-state index in [1.165, 1.54) is 7.11 Å². The number of carbonyl (C=O) groups excluding carboxylic acids is 1. The molecule has 0 fully saturated rings. The van der Waals surface area contributed by atoms with Gasteiger partial charge in [-0.25, -0.2) is 0 Å². The van der Waals surface area contributed by atoms with Gasteiger partial charge in [0.25, 0.3) is 0 Å². The maximum atomic E-state index is 10.7. The van der Waals surface area contributed by atoms with Gasteiger partial charge in [-0.2, -0.15) is 0 Å². The number of rotatable bonds is 2. The van der Waals surface area contributed by atoms with Crippen molar-refractivity contribution in [2.75, 3.05) is 13.7 Å². The number of ether oxygens (including phenoxy) is 1. The van der Waals surface area contributed by atoms with Gasteiger partial charge in [0.05, 0.1) is 7.11 Å². The predicted molar refractivity (Wildman–Crippen MR) is 38.4 cm³/mol. The summed E-state index contributed by atoms with van der Waals surface area (Å²) in [6.07, 6.45) is 0. The fourth-order valence-corrected chi connectivity index (χ4v) is 0.458. The second-order valence-electron chi connectivity index (χ2n) is 1.89. The van der Waals surface area contributed by atoms with Crippen LogP contribution in [0.4, 0.5) is 0 Å². The number of carbonyl (C=O) groups is 1. The summed E-state index contributed by atoms with van der Waals surface area (Å²) in [5.41, 5.74) is 5.24. The van der Waals surface area contributed by atoms with Gasteiger partial charge in [-0.15, -0.1) is 0 Å². The highest BCUT2D eigenvalue weighted by Crippen LogP contribution is 2.16. The van der Waals surface area contributed by atoms with E-state index >= 15 is 0 Å². The minimum atomic E-state index is -0.720. The molecule has 0 saturated heterocycles. The van der Waals surface area contributed by atoms with E-state index in [2.05, 4.69) is 20.7 Å². The van der Waals surface area contributed by atoms with Gasteiger partial charge < -0.3 is 10.5 Å². The third-order valence-corrected chi connectivity index (χ3v) is 1.64. The van der Waals surface area contributed by atoms with Crippen molar-refractivity contribution in [1.29, 1.82) is 0 Å². The maximum absolute atomic E-state index is 10.7. The summed E-state index contributed by atoms with van der Waals surface area (Å²) in [4.78, 5) is 10.7. The Hall–Kier alpha value is -0.0900. The Kier molecular flexibility index (Phi) is 3.14. The molecule has 1 unspecified atom stereocenters. The number of nitrogens with two attached hydrogens (primary N) is 1. The Morgan fingerprint density at radius 3 is 2.44 bits per heavy atom. The Bertz CT molecular complexity index is 114. The molecule has 0 aromatic heterocycles. The van der Waals surface area contributed by atoms with Crippen LogP contribution in [0, 0.1) is 0 Å². The van der Waals surface area contributed by atoms with E-state index in [-0.39, 0.29) is 12.5 Å². The molecule has 0 heterocycles. The molecular formula is C5H10BrNO2. The van der Waals surface area contributed by atoms with Crippen LogP contribution < -0.4 is 5.73 Å². The first-order valence-corrected chi connectivity index (χ1v) is 3.31. The van der Waals surface area contributed by atoms with Gasteiger partial charge in [0, 0.05) is 6.54 Å². The lowest BCUT2D eigenvalue weighted by molar-refractivity contribution is -0.142. The molecule has 0 spiro atoms. The lowest BCUT2D eigenvalue weighted by Crippen LogP contribution is -2.37. The van der Waals surface area contributed by atoms with Crippen LogP contribution in [0.3, 0.4) is 0 Å². The molecule has 0 bridgehead atoms. The fraction of sp³-hybridized carbons (Fsp3) is 0.800. The topological polar surface area (TPSA) is 52.3 Å². The van der Waals surface area contributed by atoms with Crippen molar-refractivity contribution in [1.82, 2.24) is 0 Å². The largest absolute Gasteiger partial charge is 0.468 e. The van der Waals surface area contributed by atoms with Crippen LogP contribution in [-0.2, 0) is 9.53 Å². The van der Waals surface area contributed by atoms with E-state index in [4.69, 9.17) is 5.73 Å². The third-order valence-electron chi connectivity index (χ3n) is 0.994. The van der Waals surface area contributed by atoms with Crippen molar-refractivity contribution in [3.8, 4) is 0 Å². The quantitative estimate of drug-likeness (QED) is 0.509. The van der Waals surface area contributed by atoms with Crippen molar-refractivity contribution in [2.24, 2.45) is 5.73 Å². The molecule has 4 heteroatoms. The number of alkyl halides is 1. The van der Waals surface area contributed by atoms with E-state index in [0.29, 0.717) is 0 Å².